The fraction of sp³-hybridized carbons (Fsp3) is 0.867. The first-order chi connectivity index (χ1) is 9.90. The van der Waals surface area contributed by atoms with Crippen LogP contribution in [0.4, 0.5) is 0 Å². The molecule has 0 aliphatic carbocycles. The second-order valence-electron chi connectivity index (χ2n) is 6.84. The van der Waals surface area contributed by atoms with E-state index >= 15 is 0 Å². The molecule has 6 heteroatoms. The summed E-state index contributed by atoms with van der Waals surface area (Å²) in [5.74, 6) is 1.17. The Bertz CT molecular complexity index is 424. The van der Waals surface area contributed by atoms with E-state index in [1.54, 1.807) is 0 Å². The molecule has 0 aromatic carbocycles. The highest BCUT2D eigenvalue weighted by Gasteiger charge is 2.42. The van der Waals surface area contributed by atoms with E-state index in [1.165, 1.54) is 0 Å². The first-order valence-corrected chi connectivity index (χ1v) is 8.90. The molecular weight excluding hydrogens is 284 g/mol. The molecule has 0 aromatic rings. The lowest BCUT2D eigenvalue weighted by molar-refractivity contribution is -0.119. The topological polar surface area (TPSA) is 56.7 Å². The van der Waals surface area contributed by atoms with Crippen molar-refractivity contribution in [1.82, 2.24) is 15.5 Å². The number of carbonyl (C=O) groups excluding carboxylic acids is 1. The highest BCUT2D eigenvalue weighted by molar-refractivity contribution is 7.99. The van der Waals surface area contributed by atoms with Crippen molar-refractivity contribution in [2.75, 3.05) is 39.5 Å². The van der Waals surface area contributed by atoms with Gasteiger partial charge in [0.1, 0.15) is 0 Å². The molecular formula is C15H28N4OS. The number of nitrogens with zero attached hydrogens (tertiary/aromatic N) is 2. The van der Waals surface area contributed by atoms with Gasteiger partial charge in [0.2, 0.25) is 5.91 Å². The maximum Gasteiger partial charge on any atom is 0.220 e. The summed E-state index contributed by atoms with van der Waals surface area (Å²) in [6.07, 6.45) is 5.06. The minimum absolute atomic E-state index is 0.113. The number of hydrogen-bond acceptors (Lipinski definition) is 3. The molecule has 1 spiro atoms. The maximum absolute atomic E-state index is 11.6. The van der Waals surface area contributed by atoms with Gasteiger partial charge in [0.15, 0.2) is 5.96 Å². The Labute approximate surface area is 132 Å². The fourth-order valence-electron chi connectivity index (χ4n) is 3.13. The number of likely N-dealkylation sites (tertiary alicyclic amines) is 1. The van der Waals surface area contributed by atoms with Crippen molar-refractivity contribution in [2.45, 2.75) is 37.9 Å². The molecule has 2 aliphatic heterocycles. The summed E-state index contributed by atoms with van der Waals surface area (Å²) in [7, 11) is 1.84. The van der Waals surface area contributed by atoms with Crippen LogP contribution in [0, 0.1) is 5.41 Å². The van der Waals surface area contributed by atoms with Gasteiger partial charge in [-0.15, -0.1) is 0 Å². The fourth-order valence-corrected chi connectivity index (χ4v) is 3.34. The Balaban J connectivity index is 1.97. The van der Waals surface area contributed by atoms with Crippen molar-refractivity contribution < 1.29 is 4.79 Å². The summed E-state index contributed by atoms with van der Waals surface area (Å²) in [6, 6.07) is 0. The van der Waals surface area contributed by atoms with Crippen LogP contribution in [0.25, 0.3) is 0 Å². The van der Waals surface area contributed by atoms with Crippen LogP contribution >= 0.6 is 11.8 Å². The molecule has 0 saturated carbocycles. The van der Waals surface area contributed by atoms with Gasteiger partial charge in [-0.25, -0.2) is 0 Å². The summed E-state index contributed by atoms with van der Waals surface area (Å²) in [5.41, 5.74) is 0.113. The third kappa shape index (κ3) is 4.05. The molecule has 2 aliphatic rings. The molecule has 21 heavy (non-hydrogen) atoms. The largest absolute Gasteiger partial charge is 0.355 e. The Morgan fingerprint density at radius 2 is 2.33 bits per heavy atom. The number of rotatable bonds is 3. The number of amides is 1. The molecule has 2 fully saturated rings. The quantitative estimate of drug-likeness (QED) is 0.609. The van der Waals surface area contributed by atoms with Crippen molar-refractivity contribution in [3.63, 3.8) is 0 Å². The van der Waals surface area contributed by atoms with Crippen molar-refractivity contribution >= 4 is 23.6 Å². The van der Waals surface area contributed by atoms with Gasteiger partial charge in [-0.2, -0.15) is 11.8 Å². The molecule has 2 saturated heterocycles. The minimum atomic E-state index is 0.113. The zero-order valence-electron chi connectivity index (χ0n) is 13.7. The third-order valence-electron chi connectivity index (χ3n) is 4.59. The van der Waals surface area contributed by atoms with Gasteiger partial charge >= 0.3 is 0 Å². The van der Waals surface area contributed by atoms with Crippen LogP contribution in [-0.4, -0.2) is 61.0 Å². The standard InChI is InChI=1S/C15H28N4OS/c1-14(2,21-4)9-18-13(16-3)19-7-5-6-15(11-19)8-12(20)17-10-15/h5-11H2,1-4H3,(H,16,18)(H,17,20). The van der Waals surface area contributed by atoms with Crippen LogP contribution in [0.2, 0.25) is 0 Å². The first kappa shape index (κ1) is 16.5. The molecule has 5 nitrogen and oxygen atoms in total. The lowest BCUT2D eigenvalue weighted by Crippen LogP contribution is -2.52. The van der Waals surface area contributed by atoms with Crippen LogP contribution in [0.5, 0.6) is 0 Å². The van der Waals surface area contributed by atoms with Gasteiger partial charge in [-0.05, 0) is 32.9 Å². The molecule has 1 amide bonds. The van der Waals surface area contributed by atoms with E-state index in [9.17, 15) is 4.79 Å². The predicted octanol–water partition coefficient (Wildman–Crippen LogP) is 1.31. The van der Waals surface area contributed by atoms with Crippen molar-refractivity contribution in [3.8, 4) is 0 Å². The highest BCUT2D eigenvalue weighted by atomic mass is 32.2. The lowest BCUT2D eigenvalue weighted by atomic mass is 9.79. The zero-order valence-corrected chi connectivity index (χ0v) is 14.5. The van der Waals surface area contributed by atoms with Gasteiger partial charge in [0, 0.05) is 49.8 Å². The number of nitrogens with one attached hydrogen (secondary N) is 2. The molecule has 2 heterocycles. The van der Waals surface area contributed by atoms with Crippen LogP contribution < -0.4 is 10.6 Å². The Kier molecular flexibility index (Phi) is 5.07. The molecule has 2 rings (SSSR count). The van der Waals surface area contributed by atoms with Gasteiger partial charge in [0.25, 0.3) is 0 Å². The molecule has 0 bridgehead atoms. The van der Waals surface area contributed by atoms with E-state index in [2.05, 4.69) is 40.6 Å². The summed E-state index contributed by atoms with van der Waals surface area (Å²) in [5, 5.41) is 6.49. The maximum atomic E-state index is 11.6. The van der Waals surface area contributed by atoms with Gasteiger partial charge in [-0.3, -0.25) is 9.79 Å². The van der Waals surface area contributed by atoms with E-state index in [4.69, 9.17) is 0 Å². The second-order valence-corrected chi connectivity index (χ2v) is 8.36. The Morgan fingerprint density at radius 1 is 1.57 bits per heavy atom. The summed E-state index contributed by atoms with van der Waals surface area (Å²) in [4.78, 5) is 18.3. The number of guanidine groups is 1. The number of hydrogen-bond donors (Lipinski definition) is 2. The van der Waals surface area contributed by atoms with E-state index in [0.717, 1.165) is 45.0 Å². The molecule has 1 unspecified atom stereocenters. The number of aliphatic imine (C=N–C) groups is 1. The van der Waals surface area contributed by atoms with Crippen LogP contribution in [0.15, 0.2) is 4.99 Å². The van der Waals surface area contributed by atoms with Gasteiger partial charge < -0.3 is 15.5 Å². The van der Waals surface area contributed by atoms with Crippen LogP contribution in [0.3, 0.4) is 0 Å². The van der Waals surface area contributed by atoms with Crippen LogP contribution in [-0.2, 0) is 4.79 Å². The van der Waals surface area contributed by atoms with E-state index in [1.807, 2.05) is 18.8 Å². The third-order valence-corrected chi connectivity index (χ3v) is 5.84. The number of thioether (sulfide) groups is 1. The second kappa shape index (κ2) is 6.46. The first-order valence-electron chi connectivity index (χ1n) is 7.67. The summed E-state index contributed by atoms with van der Waals surface area (Å²) < 4.78 is 0.189. The monoisotopic (exact) mass is 312 g/mol. The SMILES string of the molecule is CN=C(NCC(C)(C)SC)N1CCCC2(CNC(=O)C2)C1. The summed E-state index contributed by atoms with van der Waals surface area (Å²) in [6.45, 7) is 8.11. The molecule has 120 valence electrons. The smallest absolute Gasteiger partial charge is 0.220 e. The van der Waals surface area contributed by atoms with Crippen LogP contribution in [0.1, 0.15) is 33.1 Å². The Hall–Kier alpha value is -0.910. The van der Waals surface area contributed by atoms with E-state index in [-0.39, 0.29) is 16.1 Å². The predicted molar refractivity (Wildman–Crippen MR) is 89.8 cm³/mol. The average Bonchev–Trinajstić information content (AvgIpc) is 2.80. The normalized spacial score (nSPS) is 27.1. The Morgan fingerprint density at radius 3 is 2.90 bits per heavy atom. The van der Waals surface area contributed by atoms with E-state index in [0.29, 0.717) is 6.42 Å². The van der Waals surface area contributed by atoms with Crippen molar-refractivity contribution in [2.24, 2.45) is 10.4 Å². The summed E-state index contributed by atoms with van der Waals surface area (Å²) >= 11 is 1.85. The van der Waals surface area contributed by atoms with E-state index < -0.39 is 0 Å². The van der Waals surface area contributed by atoms with Crippen molar-refractivity contribution in [1.29, 1.82) is 0 Å². The highest BCUT2D eigenvalue weighted by Crippen LogP contribution is 2.36. The number of piperidine rings is 1. The molecule has 0 aromatic heterocycles. The molecule has 2 N–H and O–H groups in total. The average molecular weight is 312 g/mol. The zero-order chi connectivity index (χ0) is 15.5. The van der Waals surface area contributed by atoms with Crippen molar-refractivity contribution in [3.05, 3.63) is 0 Å². The molecule has 1 atom stereocenters. The number of carbonyl (C=O) groups is 1. The minimum Gasteiger partial charge on any atom is -0.355 e. The molecule has 0 radical (unpaired) electrons. The van der Waals surface area contributed by atoms with Gasteiger partial charge in [0.05, 0.1) is 0 Å². The van der Waals surface area contributed by atoms with Gasteiger partial charge in [-0.1, -0.05) is 0 Å². The lowest BCUT2D eigenvalue weighted by Gasteiger charge is -2.41.